The van der Waals surface area contributed by atoms with Crippen molar-refractivity contribution in [3.8, 4) is 6.07 Å². The lowest BCUT2D eigenvalue weighted by atomic mass is 10.2. The highest BCUT2D eigenvalue weighted by Crippen LogP contribution is 2.17. The SMILES string of the molecule is CC(C#N)CN(C)S(=O)(=O)c1ccnc(Cl)c1. The third-order valence-electron chi connectivity index (χ3n) is 2.16. The Balaban J connectivity index is 3.00. The molecule has 5 nitrogen and oxygen atoms in total. The molecule has 1 rings (SSSR count). The van der Waals surface area contributed by atoms with Crippen molar-refractivity contribution in [3.63, 3.8) is 0 Å². The third-order valence-corrected chi connectivity index (χ3v) is 4.18. The smallest absolute Gasteiger partial charge is 0.243 e. The largest absolute Gasteiger partial charge is 0.244 e. The summed E-state index contributed by atoms with van der Waals surface area (Å²) >= 11 is 5.64. The first-order chi connectivity index (χ1) is 7.87. The van der Waals surface area contributed by atoms with Gasteiger partial charge in [0, 0.05) is 19.8 Å². The monoisotopic (exact) mass is 273 g/mol. The number of sulfonamides is 1. The van der Waals surface area contributed by atoms with Crippen molar-refractivity contribution in [2.24, 2.45) is 5.92 Å². The molecule has 0 aliphatic heterocycles. The highest BCUT2D eigenvalue weighted by atomic mass is 35.5. The molecule has 0 saturated heterocycles. The van der Waals surface area contributed by atoms with Gasteiger partial charge in [0.05, 0.1) is 16.9 Å². The standard InChI is InChI=1S/C10H12ClN3O2S/c1-8(6-12)7-14(2)17(15,16)9-3-4-13-10(11)5-9/h3-5,8H,7H2,1-2H3. The summed E-state index contributed by atoms with van der Waals surface area (Å²) in [5.74, 6) is -0.368. The Labute approximate surface area is 106 Å². The summed E-state index contributed by atoms with van der Waals surface area (Å²) in [6.45, 7) is 1.80. The molecule has 1 unspecified atom stereocenters. The van der Waals surface area contributed by atoms with Gasteiger partial charge in [0.15, 0.2) is 0 Å². The van der Waals surface area contributed by atoms with Crippen LogP contribution in [0.1, 0.15) is 6.92 Å². The van der Waals surface area contributed by atoms with Crippen LogP contribution in [0.5, 0.6) is 0 Å². The highest BCUT2D eigenvalue weighted by Gasteiger charge is 2.22. The molecular weight excluding hydrogens is 262 g/mol. The van der Waals surface area contributed by atoms with E-state index in [2.05, 4.69) is 4.98 Å². The quantitative estimate of drug-likeness (QED) is 0.780. The summed E-state index contributed by atoms with van der Waals surface area (Å²) in [7, 11) is -2.18. The van der Waals surface area contributed by atoms with E-state index in [1.165, 1.54) is 25.4 Å². The third kappa shape index (κ3) is 3.40. The molecule has 1 atom stereocenters. The zero-order valence-electron chi connectivity index (χ0n) is 9.46. The first-order valence-corrected chi connectivity index (χ1v) is 6.67. The summed E-state index contributed by atoms with van der Waals surface area (Å²) in [5.41, 5.74) is 0. The van der Waals surface area contributed by atoms with Crippen molar-refractivity contribution in [2.45, 2.75) is 11.8 Å². The molecule has 17 heavy (non-hydrogen) atoms. The first kappa shape index (κ1) is 13.9. The van der Waals surface area contributed by atoms with Gasteiger partial charge in [-0.05, 0) is 19.1 Å². The number of hydrogen-bond acceptors (Lipinski definition) is 4. The fraction of sp³-hybridized carbons (Fsp3) is 0.400. The summed E-state index contributed by atoms with van der Waals surface area (Å²) in [4.78, 5) is 3.79. The summed E-state index contributed by atoms with van der Waals surface area (Å²) < 4.78 is 25.3. The molecule has 1 aromatic rings. The Kier molecular flexibility index (Phi) is 4.46. The van der Waals surface area contributed by atoms with Gasteiger partial charge in [-0.2, -0.15) is 9.57 Å². The van der Waals surface area contributed by atoms with E-state index in [0.717, 1.165) is 4.31 Å². The topological polar surface area (TPSA) is 74.1 Å². The van der Waals surface area contributed by atoms with Crippen LogP contribution in [0.4, 0.5) is 0 Å². The highest BCUT2D eigenvalue weighted by molar-refractivity contribution is 7.89. The van der Waals surface area contributed by atoms with E-state index in [4.69, 9.17) is 16.9 Å². The van der Waals surface area contributed by atoms with Crippen molar-refractivity contribution in [3.05, 3.63) is 23.5 Å². The van der Waals surface area contributed by atoms with Crippen LogP contribution < -0.4 is 0 Å². The van der Waals surface area contributed by atoms with Crippen molar-refractivity contribution < 1.29 is 8.42 Å². The second-order valence-corrected chi connectivity index (χ2v) is 6.06. The van der Waals surface area contributed by atoms with Crippen molar-refractivity contribution >= 4 is 21.6 Å². The van der Waals surface area contributed by atoms with Gasteiger partial charge in [0.1, 0.15) is 5.15 Å². The molecular formula is C10H12ClN3O2S. The van der Waals surface area contributed by atoms with Crippen molar-refractivity contribution in [1.29, 1.82) is 5.26 Å². The minimum absolute atomic E-state index is 0.0742. The number of hydrogen-bond donors (Lipinski definition) is 0. The van der Waals surface area contributed by atoms with Crippen LogP contribution in [0.15, 0.2) is 23.2 Å². The Morgan fingerprint density at radius 2 is 2.29 bits per heavy atom. The van der Waals surface area contributed by atoms with Gasteiger partial charge in [-0.3, -0.25) is 0 Å². The van der Waals surface area contributed by atoms with Gasteiger partial charge in [-0.1, -0.05) is 11.6 Å². The Morgan fingerprint density at radius 1 is 1.65 bits per heavy atom. The molecule has 0 aromatic carbocycles. The van der Waals surface area contributed by atoms with Gasteiger partial charge in [0.25, 0.3) is 0 Å². The number of nitrogens with zero attached hydrogens (tertiary/aromatic N) is 3. The van der Waals surface area contributed by atoms with E-state index in [0.29, 0.717) is 0 Å². The summed E-state index contributed by atoms with van der Waals surface area (Å²) in [6, 6.07) is 4.64. The van der Waals surface area contributed by atoms with Crippen LogP contribution in [0.3, 0.4) is 0 Å². The molecule has 0 aliphatic rings. The van der Waals surface area contributed by atoms with Gasteiger partial charge in [-0.15, -0.1) is 0 Å². The molecule has 0 fully saturated rings. The molecule has 1 aromatic heterocycles. The summed E-state index contributed by atoms with van der Waals surface area (Å²) in [6.07, 6.45) is 1.33. The minimum atomic E-state index is -3.61. The average molecular weight is 274 g/mol. The molecule has 0 radical (unpaired) electrons. The molecule has 0 N–H and O–H groups in total. The Hall–Kier alpha value is -1.16. The van der Waals surface area contributed by atoms with Crippen LogP contribution in [0.2, 0.25) is 5.15 Å². The van der Waals surface area contributed by atoms with Gasteiger partial charge < -0.3 is 0 Å². The zero-order chi connectivity index (χ0) is 13.1. The van der Waals surface area contributed by atoms with E-state index in [1.807, 2.05) is 6.07 Å². The van der Waals surface area contributed by atoms with Gasteiger partial charge >= 0.3 is 0 Å². The zero-order valence-corrected chi connectivity index (χ0v) is 11.0. The number of halogens is 1. The number of aromatic nitrogens is 1. The number of nitriles is 1. The molecule has 0 bridgehead atoms. The average Bonchev–Trinajstić information content (AvgIpc) is 2.28. The summed E-state index contributed by atoms with van der Waals surface area (Å²) in [5, 5.41) is 8.78. The van der Waals surface area contributed by atoms with Crippen molar-refractivity contribution in [2.75, 3.05) is 13.6 Å². The van der Waals surface area contributed by atoms with E-state index in [9.17, 15) is 8.42 Å². The molecule has 0 aliphatic carbocycles. The Bertz CT molecular complexity index is 539. The predicted molar refractivity (Wildman–Crippen MR) is 63.8 cm³/mol. The maximum absolute atomic E-state index is 12.1. The van der Waals surface area contributed by atoms with Crippen LogP contribution >= 0.6 is 11.6 Å². The van der Waals surface area contributed by atoms with E-state index >= 15 is 0 Å². The molecule has 92 valence electrons. The van der Waals surface area contributed by atoms with Crippen LogP contribution in [-0.4, -0.2) is 31.3 Å². The maximum atomic E-state index is 12.1. The van der Waals surface area contributed by atoms with E-state index in [-0.39, 0.29) is 22.5 Å². The normalized spacial score (nSPS) is 13.4. The lowest BCUT2D eigenvalue weighted by Gasteiger charge is -2.18. The fourth-order valence-corrected chi connectivity index (χ4v) is 2.76. The van der Waals surface area contributed by atoms with Gasteiger partial charge in [0.2, 0.25) is 10.0 Å². The molecule has 0 saturated carbocycles. The predicted octanol–water partition coefficient (Wildman–Crippen LogP) is 1.52. The van der Waals surface area contributed by atoms with Crippen LogP contribution in [0, 0.1) is 17.2 Å². The lowest BCUT2D eigenvalue weighted by Crippen LogP contribution is -2.30. The molecule has 1 heterocycles. The van der Waals surface area contributed by atoms with Crippen LogP contribution in [0.25, 0.3) is 0 Å². The maximum Gasteiger partial charge on any atom is 0.243 e. The minimum Gasteiger partial charge on any atom is -0.244 e. The van der Waals surface area contributed by atoms with Crippen LogP contribution in [-0.2, 0) is 10.0 Å². The number of rotatable bonds is 4. The van der Waals surface area contributed by atoms with E-state index < -0.39 is 10.0 Å². The number of pyridine rings is 1. The first-order valence-electron chi connectivity index (χ1n) is 4.85. The second-order valence-electron chi connectivity index (χ2n) is 3.63. The molecule has 7 heteroatoms. The molecule has 0 spiro atoms. The second kappa shape index (κ2) is 5.45. The fourth-order valence-electron chi connectivity index (χ4n) is 1.25. The van der Waals surface area contributed by atoms with Crippen molar-refractivity contribution in [1.82, 2.24) is 9.29 Å². The Morgan fingerprint density at radius 3 is 2.82 bits per heavy atom. The molecule has 0 amide bonds. The van der Waals surface area contributed by atoms with Gasteiger partial charge in [-0.25, -0.2) is 13.4 Å². The lowest BCUT2D eigenvalue weighted by molar-refractivity contribution is 0.439. The van der Waals surface area contributed by atoms with E-state index in [1.54, 1.807) is 6.92 Å².